The fourth-order valence-electron chi connectivity index (χ4n) is 1.40. The van der Waals surface area contributed by atoms with E-state index in [4.69, 9.17) is 0 Å². The van der Waals surface area contributed by atoms with Gasteiger partial charge >= 0.3 is 0 Å². The number of carbonyl (C=O) groups excluding carboxylic acids is 1. The number of hydrogen-bond acceptors (Lipinski definition) is 3. The molecule has 0 bridgehead atoms. The van der Waals surface area contributed by atoms with E-state index in [1.165, 1.54) is 24.5 Å². The maximum absolute atomic E-state index is 13.5. The van der Waals surface area contributed by atoms with Gasteiger partial charge in [-0.15, -0.1) is 0 Å². The van der Waals surface area contributed by atoms with E-state index in [0.717, 1.165) is 6.07 Å². The third-order valence-electron chi connectivity index (χ3n) is 2.24. The maximum atomic E-state index is 13.5. The normalized spacial score (nSPS) is 10.1. The van der Waals surface area contributed by atoms with Gasteiger partial charge in [0.2, 0.25) is 0 Å². The molecule has 0 atom stereocenters. The van der Waals surface area contributed by atoms with Crippen molar-refractivity contribution in [1.29, 1.82) is 0 Å². The van der Waals surface area contributed by atoms with Crippen LogP contribution in [0.15, 0.2) is 41.1 Å². The zero-order valence-corrected chi connectivity index (χ0v) is 10.6. The van der Waals surface area contributed by atoms with Crippen molar-refractivity contribution in [2.45, 2.75) is 0 Å². The van der Waals surface area contributed by atoms with E-state index < -0.39 is 17.5 Å². The molecule has 92 valence electrons. The summed E-state index contributed by atoms with van der Waals surface area (Å²) in [4.78, 5) is 15.7. The molecule has 0 radical (unpaired) electrons. The summed E-state index contributed by atoms with van der Waals surface area (Å²) >= 11 is 3.20. The van der Waals surface area contributed by atoms with E-state index in [0.29, 0.717) is 10.2 Å². The van der Waals surface area contributed by atoms with Gasteiger partial charge in [-0.3, -0.25) is 9.78 Å². The molecule has 2 rings (SSSR count). The summed E-state index contributed by atoms with van der Waals surface area (Å²) in [5.74, 6) is -1.91. The van der Waals surface area contributed by atoms with Crippen LogP contribution < -0.4 is 5.32 Å². The molecule has 0 saturated carbocycles. The lowest BCUT2D eigenvalue weighted by Crippen LogP contribution is -2.14. The molecular formula is C12H8BrFN2O2. The average molecular weight is 311 g/mol. The van der Waals surface area contributed by atoms with Crippen LogP contribution in [0.1, 0.15) is 10.4 Å². The van der Waals surface area contributed by atoms with E-state index in [9.17, 15) is 14.3 Å². The molecule has 0 saturated heterocycles. The van der Waals surface area contributed by atoms with E-state index in [1.807, 2.05) is 0 Å². The molecule has 4 nitrogen and oxygen atoms in total. The Bertz CT molecular complexity index is 584. The Balaban J connectivity index is 2.31. The first-order valence-electron chi connectivity index (χ1n) is 4.98. The van der Waals surface area contributed by atoms with E-state index >= 15 is 0 Å². The molecule has 2 aromatic rings. The highest BCUT2D eigenvalue weighted by atomic mass is 79.9. The SMILES string of the molecule is O=C(Nc1ccncc1Br)c1c(O)cccc1F. The number of aromatic nitrogens is 1. The van der Waals surface area contributed by atoms with E-state index in [-0.39, 0.29) is 5.56 Å². The zero-order valence-electron chi connectivity index (χ0n) is 9.02. The topological polar surface area (TPSA) is 62.2 Å². The van der Waals surface area contributed by atoms with E-state index in [2.05, 4.69) is 26.2 Å². The number of phenols is 1. The first-order valence-corrected chi connectivity index (χ1v) is 5.77. The summed E-state index contributed by atoms with van der Waals surface area (Å²) in [5.41, 5.74) is 0.0545. The number of aromatic hydroxyl groups is 1. The number of rotatable bonds is 2. The monoisotopic (exact) mass is 310 g/mol. The molecule has 6 heteroatoms. The Morgan fingerprint density at radius 3 is 2.83 bits per heavy atom. The summed E-state index contributed by atoms with van der Waals surface area (Å²) in [5, 5.41) is 12.0. The van der Waals surface area contributed by atoms with Crippen LogP contribution in [-0.2, 0) is 0 Å². The van der Waals surface area contributed by atoms with Gasteiger partial charge in [-0.2, -0.15) is 0 Å². The molecule has 0 fully saturated rings. The second-order valence-corrected chi connectivity index (χ2v) is 4.30. The van der Waals surface area contributed by atoms with Crippen LogP contribution in [0.2, 0.25) is 0 Å². The van der Waals surface area contributed by atoms with Crippen molar-refractivity contribution in [3.63, 3.8) is 0 Å². The van der Waals surface area contributed by atoms with Crippen molar-refractivity contribution in [2.24, 2.45) is 0 Å². The number of amides is 1. The summed E-state index contributed by atoms with van der Waals surface area (Å²) in [6.07, 6.45) is 2.98. The lowest BCUT2D eigenvalue weighted by atomic mass is 10.1. The van der Waals surface area contributed by atoms with Gasteiger partial charge in [0.1, 0.15) is 17.1 Å². The predicted octanol–water partition coefficient (Wildman–Crippen LogP) is 2.94. The van der Waals surface area contributed by atoms with Gasteiger partial charge in [0.05, 0.1) is 10.2 Å². The summed E-state index contributed by atoms with van der Waals surface area (Å²) in [6.45, 7) is 0. The second kappa shape index (κ2) is 5.14. The van der Waals surface area contributed by atoms with Crippen molar-refractivity contribution in [3.05, 3.63) is 52.5 Å². The zero-order chi connectivity index (χ0) is 13.1. The number of pyridine rings is 1. The molecule has 0 spiro atoms. The van der Waals surface area contributed by atoms with E-state index in [1.54, 1.807) is 6.07 Å². The summed E-state index contributed by atoms with van der Waals surface area (Å²) in [7, 11) is 0. The number of carbonyl (C=O) groups is 1. The molecule has 18 heavy (non-hydrogen) atoms. The number of anilines is 1. The maximum Gasteiger partial charge on any atom is 0.262 e. The first-order chi connectivity index (χ1) is 8.59. The van der Waals surface area contributed by atoms with Crippen LogP contribution in [0.3, 0.4) is 0 Å². The van der Waals surface area contributed by atoms with Crippen LogP contribution in [0, 0.1) is 5.82 Å². The van der Waals surface area contributed by atoms with Crippen LogP contribution in [0.25, 0.3) is 0 Å². The van der Waals surface area contributed by atoms with Crippen LogP contribution in [-0.4, -0.2) is 16.0 Å². The van der Waals surface area contributed by atoms with Crippen LogP contribution in [0.4, 0.5) is 10.1 Å². The van der Waals surface area contributed by atoms with Gasteiger partial charge in [0.25, 0.3) is 5.91 Å². The quantitative estimate of drug-likeness (QED) is 0.896. The number of nitrogens with zero attached hydrogens (tertiary/aromatic N) is 1. The third kappa shape index (κ3) is 2.48. The molecule has 0 unspecified atom stereocenters. The molecule has 1 aromatic carbocycles. The summed E-state index contributed by atoms with van der Waals surface area (Å²) < 4.78 is 14.0. The predicted molar refractivity (Wildman–Crippen MR) is 68.0 cm³/mol. The number of phenolic OH excluding ortho intramolecular Hbond substituents is 1. The van der Waals surface area contributed by atoms with Crippen molar-refractivity contribution in [2.75, 3.05) is 5.32 Å². The number of hydrogen-bond donors (Lipinski definition) is 2. The van der Waals surface area contributed by atoms with Gasteiger partial charge in [-0.1, -0.05) is 6.07 Å². The number of benzene rings is 1. The van der Waals surface area contributed by atoms with Crippen LogP contribution >= 0.6 is 15.9 Å². The third-order valence-corrected chi connectivity index (χ3v) is 2.87. The lowest BCUT2D eigenvalue weighted by Gasteiger charge is -2.08. The average Bonchev–Trinajstić information content (AvgIpc) is 2.32. The van der Waals surface area contributed by atoms with Crippen molar-refractivity contribution < 1.29 is 14.3 Å². The molecular weight excluding hydrogens is 303 g/mol. The molecule has 1 amide bonds. The minimum absolute atomic E-state index is 0.388. The van der Waals surface area contributed by atoms with Gasteiger partial charge in [-0.25, -0.2) is 4.39 Å². The van der Waals surface area contributed by atoms with Gasteiger partial charge in [-0.05, 0) is 34.1 Å². The smallest absolute Gasteiger partial charge is 0.262 e. The highest BCUT2D eigenvalue weighted by Gasteiger charge is 2.17. The van der Waals surface area contributed by atoms with Gasteiger partial charge in [0.15, 0.2) is 0 Å². The van der Waals surface area contributed by atoms with Gasteiger partial charge in [0, 0.05) is 12.4 Å². The lowest BCUT2D eigenvalue weighted by molar-refractivity contribution is 0.102. The summed E-state index contributed by atoms with van der Waals surface area (Å²) in [6, 6.07) is 5.24. The molecule has 0 aliphatic carbocycles. The van der Waals surface area contributed by atoms with Crippen LogP contribution in [0.5, 0.6) is 5.75 Å². The Hall–Kier alpha value is -1.95. The number of halogens is 2. The standard InChI is InChI=1S/C12H8BrFN2O2/c13-7-6-15-5-4-9(7)16-12(18)11-8(14)2-1-3-10(11)17/h1-6,17H,(H,15,16,18). The molecule has 0 aliphatic rings. The Kier molecular flexibility index (Phi) is 3.57. The Morgan fingerprint density at radius 2 is 2.17 bits per heavy atom. The minimum Gasteiger partial charge on any atom is -0.507 e. The van der Waals surface area contributed by atoms with Crippen molar-refractivity contribution >= 4 is 27.5 Å². The number of nitrogens with one attached hydrogen (secondary N) is 1. The first kappa shape index (κ1) is 12.5. The molecule has 2 N–H and O–H groups in total. The second-order valence-electron chi connectivity index (χ2n) is 3.44. The van der Waals surface area contributed by atoms with Gasteiger partial charge < -0.3 is 10.4 Å². The Labute approximate surface area is 111 Å². The molecule has 1 aromatic heterocycles. The van der Waals surface area contributed by atoms with Crippen molar-refractivity contribution in [1.82, 2.24) is 4.98 Å². The van der Waals surface area contributed by atoms with Crippen molar-refractivity contribution in [3.8, 4) is 5.75 Å². The fourth-order valence-corrected chi connectivity index (χ4v) is 1.75. The molecule has 0 aliphatic heterocycles. The minimum atomic E-state index is -0.780. The Morgan fingerprint density at radius 1 is 1.39 bits per heavy atom. The fraction of sp³-hybridized carbons (Fsp3) is 0. The highest BCUT2D eigenvalue weighted by molar-refractivity contribution is 9.10. The molecule has 1 heterocycles. The highest BCUT2D eigenvalue weighted by Crippen LogP contribution is 2.24. The largest absolute Gasteiger partial charge is 0.507 e.